The number of nitrogens with zero attached hydrogens (tertiary/aromatic N) is 1. The molecule has 1 aliphatic carbocycles. The summed E-state index contributed by atoms with van der Waals surface area (Å²) in [6, 6.07) is 1.32. The van der Waals surface area contributed by atoms with Crippen LogP contribution in [0.15, 0.2) is 0 Å². The molecule has 0 aromatic carbocycles. The minimum absolute atomic E-state index is 0.288. The molecule has 0 bridgehead atoms. The highest BCUT2D eigenvalue weighted by Gasteiger charge is 2.42. The lowest BCUT2D eigenvalue weighted by Crippen LogP contribution is -2.48. The van der Waals surface area contributed by atoms with Gasteiger partial charge in [-0.25, -0.2) is 0 Å². The number of piperidine rings is 1. The SMILES string of the molecule is CC(C)N(CC1CCCCN1)CC1CCC2(CCCC2)O1. The maximum atomic E-state index is 6.52. The molecule has 3 fully saturated rings. The maximum Gasteiger partial charge on any atom is 0.0710 e. The van der Waals surface area contributed by atoms with Crippen molar-refractivity contribution in [3.8, 4) is 0 Å². The molecule has 21 heavy (non-hydrogen) atoms. The normalized spacial score (nSPS) is 32.6. The Bertz CT molecular complexity index is 319. The summed E-state index contributed by atoms with van der Waals surface area (Å²) in [7, 11) is 0. The van der Waals surface area contributed by atoms with Crippen LogP contribution >= 0.6 is 0 Å². The van der Waals surface area contributed by atoms with Gasteiger partial charge in [0.05, 0.1) is 11.7 Å². The van der Waals surface area contributed by atoms with E-state index < -0.39 is 0 Å². The Labute approximate surface area is 130 Å². The topological polar surface area (TPSA) is 24.5 Å². The predicted octanol–water partition coefficient (Wildman–Crippen LogP) is 3.33. The van der Waals surface area contributed by atoms with Crippen molar-refractivity contribution in [2.24, 2.45) is 0 Å². The maximum absolute atomic E-state index is 6.52. The number of hydrogen-bond donors (Lipinski definition) is 1. The minimum Gasteiger partial charge on any atom is -0.370 e. The van der Waals surface area contributed by atoms with Crippen LogP contribution < -0.4 is 5.32 Å². The summed E-state index contributed by atoms with van der Waals surface area (Å²) in [5.74, 6) is 0. The highest BCUT2D eigenvalue weighted by molar-refractivity contribution is 4.94. The van der Waals surface area contributed by atoms with Crippen LogP contribution in [0.25, 0.3) is 0 Å². The summed E-state index contributed by atoms with van der Waals surface area (Å²) in [5.41, 5.74) is 0.288. The molecule has 3 aliphatic rings. The molecular weight excluding hydrogens is 260 g/mol. The standard InChI is InChI=1S/C18H34N2O/c1-15(2)20(13-16-7-3-6-12-19-16)14-17-8-11-18(21-17)9-4-5-10-18/h15-17,19H,3-14H2,1-2H3. The first-order chi connectivity index (χ1) is 10.2. The molecule has 0 aromatic rings. The molecule has 2 unspecified atom stereocenters. The largest absolute Gasteiger partial charge is 0.370 e. The fraction of sp³-hybridized carbons (Fsp3) is 1.00. The molecule has 0 radical (unpaired) electrons. The Morgan fingerprint density at radius 2 is 1.86 bits per heavy atom. The molecular formula is C18H34N2O. The zero-order valence-corrected chi connectivity index (χ0v) is 14.1. The average Bonchev–Trinajstić information content (AvgIpc) is 3.10. The van der Waals surface area contributed by atoms with E-state index in [-0.39, 0.29) is 5.60 Å². The third kappa shape index (κ3) is 4.00. The van der Waals surface area contributed by atoms with E-state index in [1.165, 1.54) is 70.9 Å². The van der Waals surface area contributed by atoms with Gasteiger partial charge in [0, 0.05) is 25.2 Å². The molecule has 2 heterocycles. The van der Waals surface area contributed by atoms with E-state index in [9.17, 15) is 0 Å². The minimum atomic E-state index is 0.288. The summed E-state index contributed by atoms with van der Waals surface area (Å²) in [6.45, 7) is 8.22. The zero-order chi connectivity index (χ0) is 14.7. The molecule has 2 aliphatic heterocycles. The van der Waals surface area contributed by atoms with Crippen molar-refractivity contribution < 1.29 is 4.74 Å². The lowest BCUT2D eigenvalue weighted by Gasteiger charge is -2.35. The van der Waals surface area contributed by atoms with Gasteiger partial charge in [-0.2, -0.15) is 0 Å². The van der Waals surface area contributed by atoms with Gasteiger partial charge in [0.2, 0.25) is 0 Å². The fourth-order valence-corrected chi connectivity index (χ4v) is 4.53. The van der Waals surface area contributed by atoms with E-state index >= 15 is 0 Å². The van der Waals surface area contributed by atoms with Gasteiger partial charge in [0.1, 0.15) is 0 Å². The van der Waals surface area contributed by atoms with Gasteiger partial charge in [0.15, 0.2) is 0 Å². The Morgan fingerprint density at radius 3 is 2.52 bits per heavy atom. The smallest absolute Gasteiger partial charge is 0.0710 e. The lowest BCUT2D eigenvalue weighted by molar-refractivity contribution is -0.0510. The summed E-state index contributed by atoms with van der Waals surface area (Å²) in [4.78, 5) is 2.65. The van der Waals surface area contributed by atoms with Crippen LogP contribution in [0.5, 0.6) is 0 Å². The molecule has 122 valence electrons. The van der Waals surface area contributed by atoms with E-state index in [0.29, 0.717) is 18.2 Å². The van der Waals surface area contributed by atoms with Gasteiger partial charge < -0.3 is 10.1 Å². The van der Waals surface area contributed by atoms with Crippen LogP contribution in [-0.4, -0.2) is 48.3 Å². The number of nitrogens with one attached hydrogen (secondary N) is 1. The van der Waals surface area contributed by atoms with Crippen molar-refractivity contribution in [2.45, 2.75) is 95.4 Å². The fourth-order valence-electron chi connectivity index (χ4n) is 4.53. The monoisotopic (exact) mass is 294 g/mol. The molecule has 1 saturated carbocycles. The predicted molar refractivity (Wildman–Crippen MR) is 87.7 cm³/mol. The Morgan fingerprint density at radius 1 is 1.05 bits per heavy atom. The van der Waals surface area contributed by atoms with Crippen LogP contribution in [0.2, 0.25) is 0 Å². The molecule has 2 atom stereocenters. The average molecular weight is 294 g/mol. The third-order valence-corrected chi connectivity index (χ3v) is 5.89. The van der Waals surface area contributed by atoms with Crippen molar-refractivity contribution in [1.29, 1.82) is 0 Å². The van der Waals surface area contributed by atoms with Gasteiger partial charge in [0.25, 0.3) is 0 Å². The van der Waals surface area contributed by atoms with Gasteiger partial charge in [-0.15, -0.1) is 0 Å². The second-order valence-electron chi connectivity index (χ2n) is 7.86. The highest BCUT2D eigenvalue weighted by atomic mass is 16.5. The van der Waals surface area contributed by atoms with Gasteiger partial charge in [-0.3, -0.25) is 4.90 Å². The molecule has 3 heteroatoms. The van der Waals surface area contributed by atoms with Crippen LogP contribution in [0.1, 0.15) is 71.6 Å². The zero-order valence-electron chi connectivity index (χ0n) is 14.1. The van der Waals surface area contributed by atoms with Crippen molar-refractivity contribution in [1.82, 2.24) is 10.2 Å². The number of ether oxygens (including phenoxy) is 1. The summed E-state index contributed by atoms with van der Waals surface area (Å²) in [5, 5.41) is 3.70. The summed E-state index contributed by atoms with van der Waals surface area (Å²) in [6.07, 6.45) is 12.6. The Kier molecular flexibility index (Phi) is 5.23. The molecule has 2 saturated heterocycles. The molecule has 3 nitrogen and oxygen atoms in total. The van der Waals surface area contributed by atoms with Crippen molar-refractivity contribution >= 4 is 0 Å². The van der Waals surface area contributed by atoms with Gasteiger partial charge >= 0.3 is 0 Å². The quantitative estimate of drug-likeness (QED) is 0.842. The van der Waals surface area contributed by atoms with E-state index in [1.54, 1.807) is 0 Å². The summed E-state index contributed by atoms with van der Waals surface area (Å²) < 4.78 is 6.52. The second kappa shape index (κ2) is 6.97. The first kappa shape index (κ1) is 15.8. The van der Waals surface area contributed by atoms with Crippen LogP contribution in [0.4, 0.5) is 0 Å². The lowest BCUT2D eigenvalue weighted by atomic mass is 9.98. The van der Waals surface area contributed by atoms with E-state index in [4.69, 9.17) is 4.74 Å². The highest BCUT2D eigenvalue weighted by Crippen LogP contribution is 2.43. The van der Waals surface area contributed by atoms with Crippen molar-refractivity contribution in [3.05, 3.63) is 0 Å². The van der Waals surface area contributed by atoms with Crippen LogP contribution in [-0.2, 0) is 4.74 Å². The molecule has 0 amide bonds. The van der Waals surface area contributed by atoms with E-state index in [1.807, 2.05) is 0 Å². The van der Waals surface area contributed by atoms with Crippen LogP contribution in [0.3, 0.4) is 0 Å². The van der Waals surface area contributed by atoms with Crippen LogP contribution in [0, 0.1) is 0 Å². The van der Waals surface area contributed by atoms with Gasteiger partial charge in [-0.1, -0.05) is 19.3 Å². The van der Waals surface area contributed by atoms with Gasteiger partial charge in [-0.05, 0) is 58.9 Å². The molecule has 1 N–H and O–H groups in total. The number of hydrogen-bond acceptors (Lipinski definition) is 3. The first-order valence-corrected chi connectivity index (χ1v) is 9.32. The third-order valence-electron chi connectivity index (χ3n) is 5.89. The molecule has 3 rings (SSSR count). The second-order valence-corrected chi connectivity index (χ2v) is 7.86. The Hall–Kier alpha value is -0.120. The van der Waals surface area contributed by atoms with Crippen molar-refractivity contribution in [2.75, 3.05) is 19.6 Å². The molecule has 0 aromatic heterocycles. The van der Waals surface area contributed by atoms with E-state index in [0.717, 1.165) is 6.54 Å². The van der Waals surface area contributed by atoms with Crippen molar-refractivity contribution in [3.63, 3.8) is 0 Å². The number of rotatable bonds is 5. The first-order valence-electron chi connectivity index (χ1n) is 9.32. The Balaban J connectivity index is 1.50. The summed E-state index contributed by atoms with van der Waals surface area (Å²) >= 11 is 0. The van der Waals surface area contributed by atoms with E-state index in [2.05, 4.69) is 24.1 Å². The molecule has 1 spiro atoms.